The van der Waals surface area contributed by atoms with Crippen LogP contribution in [0.2, 0.25) is 5.02 Å². The van der Waals surface area contributed by atoms with Gasteiger partial charge < -0.3 is 5.32 Å². The van der Waals surface area contributed by atoms with Gasteiger partial charge in [0.25, 0.3) is 11.6 Å². The van der Waals surface area contributed by atoms with Crippen molar-refractivity contribution in [2.24, 2.45) is 0 Å². The zero-order valence-corrected chi connectivity index (χ0v) is 12.3. The van der Waals surface area contributed by atoms with E-state index in [1.54, 1.807) is 6.20 Å². The highest BCUT2D eigenvalue weighted by Gasteiger charge is 2.23. The minimum atomic E-state index is -0.578. The third-order valence-electron chi connectivity index (χ3n) is 3.76. The summed E-state index contributed by atoms with van der Waals surface area (Å²) < 4.78 is 0. The van der Waals surface area contributed by atoms with E-state index in [1.807, 2.05) is 0 Å². The average molecular weight is 321 g/mol. The van der Waals surface area contributed by atoms with Crippen molar-refractivity contribution in [2.45, 2.75) is 25.3 Å². The van der Waals surface area contributed by atoms with E-state index < -0.39 is 4.92 Å². The molecular weight excluding hydrogens is 308 g/mol. The van der Waals surface area contributed by atoms with Crippen molar-refractivity contribution in [2.75, 3.05) is 0 Å². The first-order valence-corrected chi connectivity index (χ1v) is 7.18. The minimum absolute atomic E-state index is 0.0200. The first-order valence-electron chi connectivity index (χ1n) is 6.80. The molecule has 7 nitrogen and oxygen atoms in total. The Hall–Kier alpha value is -2.41. The van der Waals surface area contributed by atoms with Crippen molar-refractivity contribution >= 4 is 23.2 Å². The van der Waals surface area contributed by atoms with E-state index in [-0.39, 0.29) is 22.7 Å². The Balaban J connectivity index is 1.70. The highest BCUT2D eigenvalue weighted by molar-refractivity contribution is 6.33. The van der Waals surface area contributed by atoms with E-state index in [1.165, 1.54) is 18.2 Å². The normalized spacial score (nSPS) is 16.9. The van der Waals surface area contributed by atoms with E-state index >= 15 is 0 Å². The van der Waals surface area contributed by atoms with Gasteiger partial charge in [0, 0.05) is 23.4 Å². The van der Waals surface area contributed by atoms with Crippen LogP contribution in [-0.2, 0) is 12.8 Å². The third-order valence-corrected chi connectivity index (χ3v) is 4.06. The lowest BCUT2D eigenvalue weighted by Crippen LogP contribution is -2.38. The van der Waals surface area contributed by atoms with Crippen LogP contribution in [0.15, 0.2) is 24.4 Å². The number of halogens is 1. The van der Waals surface area contributed by atoms with Crippen LogP contribution in [0.1, 0.15) is 28.0 Å². The van der Waals surface area contributed by atoms with E-state index in [0.29, 0.717) is 5.56 Å². The summed E-state index contributed by atoms with van der Waals surface area (Å²) in [4.78, 5) is 22.4. The van der Waals surface area contributed by atoms with E-state index in [4.69, 9.17) is 11.6 Å². The number of hydrogen-bond acceptors (Lipinski definition) is 4. The summed E-state index contributed by atoms with van der Waals surface area (Å²) in [6.45, 7) is 0. The van der Waals surface area contributed by atoms with Crippen LogP contribution in [-0.4, -0.2) is 27.1 Å². The Morgan fingerprint density at radius 2 is 2.32 bits per heavy atom. The van der Waals surface area contributed by atoms with Gasteiger partial charge in [-0.15, -0.1) is 0 Å². The van der Waals surface area contributed by atoms with Crippen molar-refractivity contribution < 1.29 is 9.72 Å². The van der Waals surface area contributed by atoms with Gasteiger partial charge >= 0.3 is 0 Å². The number of hydrogen-bond donors (Lipinski definition) is 2. The number of amides is 1. The molecule has 0 saturated carbocycles. The summed E-state index contributed by atoms with van der Waals surface area (Å²) in [6.07, 6.45) is 4.15. The predicted octanol–water partition coefficient (Wildman–Crippen LogP) is 2.26. The molecule has 8 heteroatoms. The number of nitrogens with zero attached hydrogens (tertiary/aromatic N) is 2. The van der Waals surface area contributed by atoms with Gasteiger partial charge in [-0.2, -0.15) is 5.10 Å². The second kappa shape index (κ2) is 5.76. The van der Waals surface area contributed by atoms with Crippen LogP contribution in [0.5, 0.6) is 0 Å². The molecule has 1 aromatic heterocycles. The fraction of sp³-hybridized carbons (Fsp3) is 0.286. The van der Waals surface area contributed by atoms with Gasteiger partial charge in [0.15, 0.2) is 0 Å². The second-order valence-corrected chi connectivity index (χ2v) is 5.62. The number of nitro benzene ring substituents is 1. The number of aryl methyl sites for hydroxylation is 1. The van der Waals surface area contributed by atoms with Crippen molar-refractivity contribution in [3.63, 3.8) is 0 Å². The molecule has 0 unspecified atom stereocenters. The summed E-state index contributed by atoms with van der Waals surface area (Å²) in [6, 6.07) is 3.99. The summed E-state index contributed by atoms with van der Waals surface area (Å²) in [5.74, 6) is -0.284. The highest BCUT2D eigenvalue weighted by atomic mass is 35.5. The SMILES string of the molecule is O=C(N[C@@H]1CCc2[nH]ncc2C1)c1ccc([N+](=O)[O-])c(Cl)c1. The van der Waals surface area contributed by atoms with Crippen LogP contribution in [0.4, 0.5) is 5.69 Å². The molecule has 2 aromatic rings. The zero-order valence-electron chi connectivity index (χ0n) is 11.5. The second-order valence-electron chi connectivity index (χ2n) is 5.21. The van der Waals surface area contributed by atoms with Crippen LogP contribution in [0.25, 0.3) is 0 Å². The van der Waals surface area contributed by atoms with E-state index in [9.17, 15) is 14.9 Å². The predicted molar refractivity (Wildman–Crippen MR) is 80.0 cm³/mol. The lowest BCUT2D eigenvalue weighted by atomic mass is 9.93. The number of aromatic nitrogens is 2. The Kier molecular flexibility index (Phi) is 3.81. The smallest absolute Gasteiger partial charge is 0.287 e. The lowest BCUT2D eigenvalue weighted by Gasteiger charge is -2.22. The number of benzene rings is 1. The highest BCUT2D eigenvalue weighted by Crippen LogP contribution is 2.25. The largest absolute Gasteiger partial charge is 0.349 e. The molecule has 114 valence electrons. The van der Waals surface area contributed by atoms with Crippen molar-refractivity contribution in [3.05, 3.63) is 56.4 Å². The number of H-pyrrole nitrogens is 1. The van der Waals surface area contributed by atoms with Gasteiger partial charge in [-0.05, 0) is 37.0 Å². The number of carbonyl (C=O) groups excluding carboxylic acids is 1. The third kappa shape index (κ3) is 2.80. The Labute approximate surface area is 130 Å². The van der Waals surface area contributed by atoms with Gasteiger partial charge in [-0.3, -0.25) is 20.0 Å². The summed E-state index contributed by atoms with van der Waals surface area (Å²) in [5.41, 5.74) is 2.33. The zero-order chi connectivity index (χ0) is 15.7. The number of carbonyl (C=O) groups is 1. The molecule has 3 rings (SSSR count). The topological polar surface area (TPSA) is 101 Å². The van der Waals surface area contributed by atoms with Crippen molar-refractivity contribution in [1.29, 1.82) is 0 Å². The minimum Gasteiger partial charge on any atom is -0.349 e. The number of nitrogens with one attached hydrogen (secondary N) is 2. The molecule has 1 aliphatic carbocycles. The molecule has 2 N–H and O–H groups in total. The molecule has 0 aliphatic heterocycles. The van der Waals surface area contributed by atoms with Crippen molar-refractivity contribution in [3.8, 4) is 0 Å². The number of fused-ring (bicyclic) bond motifs is 1. The maximum atomic E-state index is 12.2. The lowest BCUT2D eigenvalue weighted by molar-refractivity contribution is -0.384. The maximum absolute atomic E-state index is 12.2. The standard InChI is InChI=1S/C14H13ClN4O3/c15-11-6-8(1-4-13(11)19(21)22)14(20)17-10-2-3-12-9(5-10)7-16-18-12/h1,4,6-7,10H,2-3,5H2,(H,16,18)(H,17,20)/t10-/m1/s1. The molecule has 0 spiro atoms. The molecule has 22 heavy (non-hydrogen) atoms. The molecule has 0 bridgehead atoms. The van der Waals surface area contributed by atoms with Crippen LogP contribution < -0.4 is 5.32 Å². The summed E-state index contributed by atoms with van der Waals surface area (Å²) >= 11 is 5.83. The van der Waals surface area contributed by atoms with Crippen LogP contribution >= 0.6 is 11.6 Å². The van der Waals surface area contributed by atoms with Gasteiger partial charge in [0.2, 0.25) is 0 Å². The van der Waals surface area contributed by atoms with Gasteiger partial charge in [0.1, 0.15) is 5.02 Å². The molecule has 1 aliphatic rings. The summed E-state index contributed by atoms with van der Waals surface area (Å²) in [7, 11) is 0. The van der Waals surface area contributed by atoms with Crippen LogP contribution in [0, 0.1) is 10.1 Å². The Bertz CT molecular complexity index is 743. The molecule has 0 fully saturated rings. The molecule has 1 heterocycles. The first kappa shape index (κ1) is 14.5. The Morgan fingerprint density at radius 3 is 3.05 bits per heavy atom. The number of aromatic amines is 1. The van der Waals surface area contributed by atoms with E-state index in [2.05, 4.69) is 15.5 Å². The van der Waals surface area contributed by atoms with Crippen LogP contribution in [0.3, 0.4) is 0 Å². The van der Waals surface area contributed by atoms with Crippen molar-refractivity contribution in [1.82, 2.24) is 15.5 Å². The number of rotatable bonds is 3. The quantitative estimate of drug-likeness (QED) is 0.669. The van der Waals surface area contributed by atoms with Gasteiger partial charge in [-0.25, -0.2) is 0 Å². The molecule has 1 aromatic carbocycles. The average Bonchev–Trinajstić information content (AvgIpc) is 2.94. The molecule has 1 amide bonds. The first-order chi connectivity index (χ1) is 10.5. The van der Waals surface area contributed by atoms with Gasteiger partial charge in [-0.1, -0.05) is 11.6 Å². The van der Waals surface area contributed by atoms with Gasteiger partial charge in [0.05, 0.1) is 11.1 Å². The maximum Gasteiger partial charge on any atom is 0.287 e. The molecule has 1 atom stereocenters. The Morgan fingerprint density at radius 1 is 1.50 bits per heavy atom. The summed E-state index contributed by atoms with van der Waals surface area (Å²) in [5, 5.41) is 20.6. The molecular formula is C14H13ClN4O3. The fourth-order valence-electron chi connectivity index (χ4n) is 2.60. The molecule has 0 saturated heterocycles. The molecule has 0 radical (unpaired) electrons. The number of nitro groups is 1. The monoisotopic (exact) mass is 320 g/mol. The fourth-order valence-corrected chi connectivity index (χ4v) is 2.85. The van der Waals surface area contributed by atoms with E-state index in [0.717, 1.165) is 30.5 Å².